The van der Waals surface area contributed by atoms with Crippen LogP contribution in [0.2, 0.25) is 0 Å². The van der Waals surface area contributed by atoms with Crippen LogP contribution in [0.3, 0.4) is 0 Å². The van der Waals surface area contributed by atoms with Gasteiger partial charge in [0.15, 0.2) is 0 Å². The Kier molecular flexibility index (Phi) is 11.0. The molecule has 4 aromatic rings. The van der Waals surface area contributed by atoms with Crippen LogP contribution in [-0.2, 0) is 22.7 Å². The summed E-state index contributed by atoms with van der Waals surface area (Å²) in [5.41, 5.74) is 9.05. The van der Waals surface area contributed by atoms with Gasteiger partial charge in [-0.05, 0) is 114 Å². The van der Waals surface area contributed by atoms with E-state index in [0.29, 0.717) is 56.2 Å². The van der Waals surface area contributed by atoms with Crippen LogP contribution in [0.5, 0.6) is 5.75 Å². The van der Waals surface area contributed by atoms with Crippen molar-refractivity contribution in [2.45, 2.75) is 76.7 Å². The summed E-state index contributed by atoms with van der Waals surface area (Å²) in [6.07, 6.45) is 5.30. The van der Waals surface area contributed by atoms with Gasteiger partial charge in [0.05, 0.1) is 11.7 Å². The van der Waals surface area contributed by atoms with Crippen molar-refractivity contribution >= 4 is 28.6 Å². The number of piperazine rings is 1. The molecule has 3 unspecified atom stereocenters. The van der Waals surface area contributed by atoms with Crippen LogP contribution in [0.1, 0.15) is 73.3 Å². The normalized spacial score (nSPS) is 23.5. The molecule has 0 saturated carbocycles. The van der Waals surface area contributed by atoms with E-state index in [1.54, 1.807) is 6.07 Å². The first-order valence-corrected chi connectivity index (χ1v) is 21.1. The van der Waals surface area contributed by atoms with Gasteiger partial charge < -0.3 is 9.64 Å². The van der Waals surface area contributed by atoms with Crippen LogP contribution in [0, 0.1) is 11.7 Å². The van der Waals surface area contributed by atoms with Crippen molar-refractivity contribution in [1.29, 1.82) is 0 Å². The fraction of sp³-hybridized carbons (Fsp3) is 0.417. The minimum atomic E-state index is -0.334. The highest BCUT2D eigenvalue weighted by atomic mass is 19.1. The van der Waals surface area contributed by atoms with E-state index in [4.69, 9.17) is 4.74 Å². The lowest BCUT2D eigenvalue weighted by atomic mass is 9.88. The maximum atomic E-state index is 15.6. The summed E-state index contributed by atoms with van der Waals surface area (Å²) in [4.78, 5) is 33.7. The number of hydrogen-bond acceptors (Lipinski definition) is 7. The Hall–Kier alpha value is -4.83. The minimum Gasteiger partial charge on any atom is -0.492 e. The minimum absolute atomic E-state index is 0.162. The number of benzene rings is 4. The number of imide groups is 1. The van der Waals surface area contributed by atoms with Gasteiger partial charge in [-0.1, -0.05) is 79.7 Å². The van der Waals surface area contributed by atoms with E-state index in [2.05, 4.69) is 117 Å². The predicted molar refractivity (Wildman–Crippen MR) is 223 cm³/mol. The lowest BCUT2D eigenvalue weighted by Crippen LogP contribution is -2.50. The molecule has 9 rings (SSSR count). The number of carbonyl (C=O) groups is 2. The quantitative estimate of drug-likeness (QED) is 0.119. The number of rotatable bonds is 12. The third-order valence-corrected chi connectivity index (χ3v) is 13.2. The molecule has 9 heteroatoms. The Morgan fingerprint density at radius 2 is 1.49 bits per heavy atom. The van der Waals surface area contributed by atoms with Crippen molar-refractivity contribution < 1.29 is 18.7 Å². The van der Waals surface area contributed by atoms with E-state index in [-0.39, 0.29) is 23.7 Å². The van der Waals surface area contributed by atoms with Gasteiger partial charge in [-0.2, -0.15) is 0 Å². The van der Waals surface area contributed by atoms with Crippen molar-refractivity contribution in [3.8, 4) is 5.75 Å². The third-order valence-electron chi connectivity index (χ3n) is 13.2. The highest BCUT2D eigenvalue weighted by molar-refractivity contribution is 6.00. The molecule has 0 spiro atoms. The van der Waals surface area contributed by atoms with Crippen molar-refractivity contribution in [2.24, 2.45) is 5.92 Å². The lowest BCUT2D eigenvalue weighted by Gasteiger charge is -2.39. The number of anilines is 1. The van der Waals surface area contributed by atoms with Crippen LogP contribution in [0.25, 0.3) is 11.1 Å². The topological polar surface area (TPSA) is 68.4 Å². The van der Waals surface area contributed by atoms with Gasteiger partial charge in [-0.3, -0.25) is 29.6 Å². The van der Waals surface area contributed by atoms with E-state index in [9.17, 15) is 9.59 Å². The van der Waals surface area contributed by atoms with Crippen LogP contribution < -0.4 is 15.0 Å². The van der Waals surface area contributed by atoms with Crippen LogP contribution in [-0.4, -0.2) is 90.5 Å². The first-order valence-electron chi connectivity index (χ1n) is 21.1. The number of likely N-dealkylation sites (tertiary alicyclic amines) is 2. The molecule has 4 aromatic carbocycles. The summed E-state index contributed by atoms with van der Waals surface area (Å²) in [6.45, 7) is 10.2. The number of nitrogens with one attached hydrogen (secondary N) is 1. The molecule has 4 fully saturated rings. The number of ether oxygens (including phenoxy) is 1. The number of fused-ring (bicyclic) bond motifs is 3. The highest BCUT2D eigenvalue weighted by Gasteiger charge is 2.45. The number of hydrogen-bond donors (Lipinski definition) is 1. The van der Waals surface area contributed by atoms with Crippen molar-refractivity contribution in [1.82, 2.24) is 20.0 Å². The molecule has 5 aliphatic heterocycles. The molecular weight excluding hydrogens is 714 g/mol. The number of nitrogens with zero attached hydrogens (tertiary/aromatic N) is 4. The Balaban J connectivity index is 0.737. The van der Waals surface area contributed by atoms with Crippen LogP contribution >= 0.6 is 0 Å². The van der Waals surface area contributed by atoms with Gasteiger partial charge in [0.2, 0.25) is 11.8 Å². The molecule has 8 nitrogen and oxygen atoms in total. The molecule has 57 heavy (non-hydrogen) atoms. The molecule has 0 radical (unpaired) electrons. The number of allylic oxidation sites excluding steroid dienone is 1. The Bertz CT molecular complexity index is 2100. The van der Waals surface area contributed by atoms with E-state index < -0.39 is 0 Å². The molecule has 1 N–H and O–H groups in total. The molecule has 2 bridgehead atoms. The molecule has 4 saturated heterocycles. The predicted octanol–water partition coefficient (Wildman–Crippen LogP) is 7.37. The fourth-order valence-corrected chi connectivity index (χ4v) is 10.2. The van der Waals surface area contributed by atoms with E-state index in [1.807, 2.05) is 6.07 Å². The van der Waals surface area contributed by atoms with E-state index >= 15 is 4.39 Å². The second-order valence-corrected chi connectivity index (χ2v) is 16.7. The average molecular weight is 768 g/mol. The summed E-state index contributed by atoms with van der Waals surface area (Å²) in [7, 11) is 0. The van der Waals surface area contributed by atoms with Gasteiger partial charge >= 0.3 is 0 Å². The van der Waals surface area contributed by atoms with Gasteiger partial charge in [0.25, 0.3) is 0 Å². The van der Waals surface area contributed by atoms with Crippen molar-refractivity contribution in [2.75, 3.05) is 50.8 Å². The first-order chi connectivity index (χ1) is 27.9. The standard InChI is InChI=1S/C48H54FN5O3/c1-2-42(34-9-5-3-6-10-34)47(35-11-7-4-8-12-35)36-13-15-41(16-14-36)57-24-23-51-21-19-33(20-22-51)28-52-31-40-27-39(52)32-54(40)45-26-38-30-53(29-37(38)25-43(45)49)44-17-18-46(55)50-48(44)56/h3-16,25-26,33,39-40,44H,2,17-24,27-32H2,1H3,(H,50,55,56). The lowest BCUT2D eigenvalue weighted by molar-refractivity contribution is -0.137. The third kappa shape index (κ3) is 8.02. The Morgan fingerprint density at radius 3 is 2.16 bits per heavy atom. The summed E-state index contributed by atoms with van der Waals surface area (Å²) >= 11 is 0. The number of piperidine rings is 2. The maximum Gasteiger partial charge on any atom is 0.243 e. The van der Waals surface area contributed by atoms with Gasteiger partial charge in [-0.25, -0.2) is 4.39 Å². The zero-order chi connectivity index (χ0) is 38.9. The van der Waals surface area contributed by atoms with Crippen molar-refractivity contribution in [3.05, 3.63) is 131 Å². The SMILES string of the molecule is CCC(=C(c1ccccc1)c1ccc(OCCN2CCC(CN3CC4CC3CN4c3cc4c(cc3F)CN(C3CCC(=O)NC3=O)C4)CC2)cc1)c1ccccc1. The Labute approximate surface area is 336 Å². The van der Waals surface area contributed by atoms with Crippen LogP contribution in [0.4, 0.5) is 10.1 Å². The average Bonchev–Trinajstić information content (AvgIpc) is 3.96. The molecule has 3 atom stereocenters. The summed E-state index contributed by atoms with van der Waals surface area (Å²) in [6, 6.07) is 34.2. The molecule has 5 aliphatic rings. The molecule has 0 aliphatic carbocycles. The first kappa shape index (κ1) is 37.7. The summed E-state index contributed by atoms with van der Waals surface area (Å²) in [5.74, 6) is 0.995. The monoisotopic (exact) mass is 767 g/mol. The number of halogens is 1. The molecule has 5 heterocycles. The fourth-order valence-electron chi connectivity index (χ4n) is 10.2. The molecular formula is C48H54FN5O3. The summed E-state index contributed by atoms with van der Waals surface area (Å²) in [5, 5.41) is 2.47. The smallest absolute Gasteiger partial charge is 0.243 e. The second kappa shape index (κ2) is 16.6. The second-order valence-electron chi connectivity index (χ2n) is 16.7. The van der Waals surface area contributed by atoms with Gasteiger partial charge in [0.1, 0.15) is 18.2 Å². The zero-order valence-corrected chi connectivity index (χ0v) is 33.0. The zero-order valence-electron chi connectivity index (χ0n) is 33.0. The highest BCUT2D eigenvalue weighted by Crippen LogP contribution is 2.40. The molecule has 296 valence electrons. The van der Waals surface area contributed by atoms with Crippen LogP contribution in [0.15, 0.2) is 97.1 Å². The summed E-state index contributed by atoms with van der Waals surface area (Å²) < 4.78 is 21.9. The van der Waals surface area contributed by atoms with Gasteiger partial charge in [0, 0.05) is 57.8 Å². The molecule has 0 aromatic heterocycles. The number of carbonyl (C=O) groups excluding carboxylic acids is 2. The van der Waals surface area contributed by atoms with E-state index in [1.165, 1.54) is 40.7 Å². The maximum absolute atomic E-state index is 15.6. The van der Waals surface area contributed by atoms with Crippen molar-refractivity contribution in [3.63, 3.8) is 0 Å². The van der Waals surface area contributed by atoms with Gasteiger partial charge in [-0.15, -0.1) is 0 Å². The van der Waals surface area contributed by atoms with E-state index in [0.717, 1.165) is 69.0 Å². The molecule has 2 amide bonds. The number of amides is 2. The largest absolute Gasteiger partial charge is 0.492 e. The Morgan fingerprint density at radius 1 is 0.807 bits per heavy atom.